The zero-order valence-corrected chi connectivity index (χ0v) is 19.2. The number of carbonyl (C=O) groups excluding carboxylic acids is 1. The summed E-state index contributed by atoms with van der Waals surface area (Å²) in [6.07, 6.45) is 0.916. The zero-order chi connectivity index (χ0) is 22.5. The van der Waals surface area contributed by atoms with Crippen molar-refractivity contribution in [1.29, 1.82) is 0 Å². The van der Waals surface area contributed by atoms with Gasteiger partial charge < -0.3 is 14.8 Å². The van der Waals surface area contributed by atoms with Crippen molar-refractivity contribution in [3.05, 3.63) is 77.0 Å². The molecule has 0 bridgehead atoms. The molecule has 1 aliphatic rings. The van der Waals surface area contributed by atoms with Gasteiger partial charge in [0, 0.05) is 11.4 Å². The Bertz CT molecular complexity index is 1130. The largest absolute Gasteiger partial charge is 0.494 e. The Kier molecular flexibility index (Phi) is 6.80. The summed E-state index contributed by atoms with van der Waals surface area (Å²) in [7, 11) is 1.39. The van der Waals surface area contributed by atoms with Crippen LogP contribution in [0.15, 0.2) is 71.0 Å². The fourth-order valence-corrected chi connectivity index (χ4v) is 4.38. The number of nitrogens with zero attached hydrogens (tertiary/aromatic N) is 3. The standard InChI is InChI=1S/C24H26N4O3S/c1-4-13-31-19-12-8-11-18(14-19)21-20(22(29)30-3)16(2)25-23-26-24(27-28(21)23)32-15-17-9-6-5-7-10-17/h5-12,14,21H,4,13,15H2,1-3H3,(H,25,26,27). The fourth-order valence-electron chi connectivity index (χ4n) is 3.59. The molecule has 0 amide bonds. The number of rotatable bonds is 8. The Labute approximate surface area is 191 Å². The van der Waals surface area contributed by atoms with Crippen molar-refractivity contribution in [3.8, 4) is 5.75 Å². The lowest BCUT2D eigenvalue weighted by Crippen LogP contribution is -2.29. The van der Waals surface area contributed by atoms with Gasteiger partial charge >= 0.3 is 5.97 Å². The summed E-state index contributed by atoms with van der Waals surface area (Å²) < 4.78 is 12.7. The Balaban J connectivity index is 1.69. The summed E-state index contributed by atoms with van der Waals surface area (Å²) in [6.45, 7) is 4.54. The number of thioether (sulfide) groups is 1. The van der Waals surface area contributed by atoms with Gasteiger partial charge in [-0.25, -0.2) is 9.48 Å². The molecule has 0 spiro atoms. The first kappa shape index (κ1) is 22.0. The van der Waals surface area contributed by atoms with E-state index in [2.05, 4.69) is 29.4 Å². The molecule has 3 aromatic rings. The summed E-state index contributed by atoms with van der Waals surface area (Å²) in [6, 6.07) is 17.5. The Morgan fingerprint density at radius 2 is 2.00 bits per heavy atom. The third-order valence-electron chi connectivity index (χ3n) is 5.10. The molecule has 1 N–H and O–H groups in total. The van der Waals surface area contributed by atoms with E-state index in [1.807, 2.05) is 49.4 Å². The molecule has 1 unspecified atom stereocenters. The number of nitrogens with one attached hydrogen (secondary N) is 1. The van der Waals surface area contributed by atoms with Crippen LogP contribution in [0.25, 0.3) is 0 Å². The van der Waals surface area contributed by atoms with Gasteiger partial charge in [-0.15, -0.1) is 5.10 Å². The molecule has 8 heteroatoms. The molecule has 1 atom stereocenters. The normalized spacial score (nSPS) is 15.2. The Morgan fingerprint density at radius 3 is 2.75 bits per heavy atom. The van der Waals surface area contributed by atoms with Crippen molar-refractivity contribution in [2.24, 2.45) is 0 Å². The van der Waals surface area contributed by atoms with Crippen LogP contribution in [0.1, 0.15) is 37.4 Å². The van der Waals surface area contributed by atoms with E-state index < -0.39 is 12.0 Å². The number of benzene rings is 2. The lowest BCUT2D eigenvalue weighted by atomic mass is 9.95. The molecule has 7 nitrogen and oxygen atoms in total. The van der Waals surface area contributed by atoms with E-state index >= 15 is 0 Å². The third kappa shape index (κ3) is 4.65. The molecule has 166 valence electrons. The minimum atomic E-state index is -0.470. The van der Waals surface area contributed by atoms with Crippen molar-refractivity contribution >= 4 is 23.7 Å². The van der Waals surface area contributed by atoms with Crippen LogP contribution in [-0.2, 0) is 15.3 Å². The molecular weight excluding hydrogens is 424 g/mol. The van der Waals surface area contributed by atoms with Crippen molar-refractivity contribution in [2.45, 2.75) is 37.2 Å². The smallest absolute Gasteiger partial charge is 0.338 e. The number of allylic oxidation sites excluding steroid dienone is 1. The predicted octanol–water partition coefficient (Wildman–Crippen LogP) is 4.82. The molecule has 0 aliphatic carbocycles. The van der Waals surface area contributed by atoms with Crippen LogP contribution < -0.4 is 10.1 Å². The summed E-state index contributed by atoms with van der Waals surface area (Å²) in [5, 5.41) is 8.59. The quantitative estimate of drug-likeness (QED) is 0.389. The highest BCUT2D eigenvalue weighted by atomic mass is 32.2. The molecule has 4 rings (SSSR count). The maximum atomic E-state index is 12.7. The number of fused-ring (bicyclic) bond motifs is 1. The minimum absolute atomic E-state index is 0.403. The van der Waals surface area contributed by atoms with Crippen molar-refractivity contribution in [2.75, 3.05) is 19.0 Å². The Hall–Kier alpha value is -3.26. The molecule has 1 aliphatic heterocycles. The Morgan fingerprint density at radius 1 is 1.19 bits per heavy atom. The third-order valence-corrected chi connectivity index (χ3v) is 6.00. The highest BCUT2D eigenvalue weighted by Gasteiger charge is 2.35. The first-order valence-electron chi connectivity index (χ1n) is 10.5. The molecule has 32 heavy (non-hydrogen) atoms. The molecular formula is C24H26N4O3S. The van der Waals surface area contributed by atoms with Crippen LogP contribution in [0, 0.1) is 0 Å². The molecule has 0 saturated heterocycles. The summed E-state index contributed by atoms with van der Waals surface area (Å²) in [4.78, 5) is 17.4. The van der Waals surface area contributed by atoms with Crippen LogP contribution >= 0.6 is 11.8 Å². The number of ether oxygens (including phenoxy) is 2. The van der Waals surface area contributed by atoms with Crippen LogP contribution in [0.4, 0.5) is 5.95 Å². The van der Waals surface area contributed by atoms with Crippen LogP contribution in [0.3, 0.4) is 0 Å². The number of methoxy groups -OCH3 is 1. The van der Waals surface area contributed by atoms with Gasteiger partial charge in [-0.1, -0.05) is 61.2 Å². The van der Waals surface area contributed by atoms with Gasteiger partial charge in [-0.2, -0.15) is 4.98 Å². The molecule has 2 aromatic carbocycles. The monoisotopic (exact) mass is 450 g/mol. The van der Waals surface area contributed by atoms with Gasteiger partial charge in [0.1, 0.15) is 11.8 Å². The topological polar surface area (TPSA) is 78.3 Å². The SMILES string of the molecule is CCCOc1cccc(C2C(C(=O)OC)=C(C)Nc3nc(SCc4ccccc4)nn32)c1. The maximum absolute atomic E-state index is 12.7. The van der Waals surface area contributed by atoms with Crippen LogP contribution in [0.2, 0.25) is 0 Å². The molecule has 1 aromatic heterocycles. The summed E-state index contributed by atoms with van der Waals surface area (Å²) in [5.41, 5.74) is 3.27. The molecule has 0 fully saturated rings. The van der Waals surface area contributed by atoms with Gasteiger partial charge in [0.05, 0.1) is 19.3 Å². The number of hydrogen-bond donors (Lipinski definition) is 1. The van der Waals surface area contributed by atoms with Crippen LogP contribution in [0.5, 0.6) is 5.75 Å². The van der Waals surface area contributed by atoms with E-state index in [1.54, 1.807) is 16.4 Å². The van der Waals surface area contributed by atoms with E-state index in [-0.39, 0.29) is 0 Å². The van der Waals surface area contributed by atoms with Gasteiger partial charge in [0.2, 0.25) is 11.1 Å². The van der Waals surface area contributed by atoms with Gasteiger partial charge in [0.25, 0.3) is 0 Å². The van der Waals surface area contributed by atoms with E-state index in [0.29, 0.717) is 29.0 Å². The van der Waals surface area contributed by atoms with E-state index in [4.69, 9.17) is 14.6 Å². The van der Waals surface area contributed by atoms with Gasteiger partial charge in [0.15, 0.2) is 0 Å². The average molecular weight is 451 g/mol. The van der Waals surface area contributed by atoms with E-state index in [1.165, 1.54) is 12.7 Å². The first-order valence-corrected chi connectivity index (χ1v) is 11.5. The maximum Gasteiger partial charge on any atom is 0.338 e. The first-order chi connectivity index (χ1) is 15.6. The highest BCUT2D eigenvalue weighted by Crippen LogP contribution is 2.37. The van der Waals surface area contributed by atoms with Crippen LogP contribution in [-0.4, -0.2) is 34.5 Å². The summed E-state index contributed by atoms with van der Waals surface area (Å²) in [5.74, 6) is 1.70. The van der Waals surface area contributed by atoms with Crippen molar-refractivity contribution in [1.82, 2.24) is 14.8 Å². The second kappa shape index (κ2) is 9.91. The fraction of sp³-hybridized carbons (Fsp3) is 0.292. The lowest BCUT2D eigenvalue weighted by molar-refractivity contribution is -0.136. The van der Waals surface area contributed by atoms with Gasteiger partial charge in [-0.3, -0.25) is 0 Å². The average Bonchev–Trinajstić information content (AvgIpc) is 3.23. The van der Waals surface area contributed by atoms with E-state index in [9.17, 15) is 4.79 Å². The minimum Gasteiger partial charge on any atom is -0.494 e. The highest BCUT2D eigenvalue weighted by molar-refractivity contribution is 7.98. The number of carbonyl (C=O) groups is 1. The second-order valence-electron chi connectivity index (χ2n) is 7.42. The predicted molar refractivity (Wildman–Crippen MR) is 125 cm³/mol. The molecule has 0 radical (unpaired) electrons. The number of esters is 1. The number of anilines is 1. The zero-order valence-electron chi connectivity index (χ0n) is 18.4. The van der Waals surface area contributed by atoms with Crippen molar-refractivity contribution in [3.63, 3.8) is 0 Å². The lowest BCUT2D eigenvalue weighted by Gasteiger charge is -2.28. The van der Waals surface area contributed by atoms with Crippen molar-refractivity contribution < 1.29 is 14.3 Å². The van der Waals surface area contributed by atoms with E-state index in [0.717, 1.165) is 23.5 Å². The van der Waals surface area contributed by atoms with Gasteiger partial charge in [-0.05, 0) is 36.6 Å². The molecule has 2 heterocycles. The number of aromatic nitrogens is 3. The summed E-state index contributed by atoms with van der Waals surface area (Å²) >= 11 is 1.55. The number of hydrogen-bond acceptors (Lipinski definition) is 7. The molecule has 0 saturated carbocycles. The second-order valence-corrected chi connectivity index (χ2v) is 8.36.